The maximum atomic E-state index is 11.6. The molecule has 3 nitrogen and oxygen atoms in total. The zero-order valence-electron chi connectivity index (χ0n) is 8.82. The van der Waals surface area contributed by atoms with Crippen LogP contribution >= 0.6 is 23.8 Å². The summed E-state index contributed by atoms with van der Waals surface area (Å²) in [6.45, 7) is 4.83. The van der Waals surface area contributed by atoms with Gasteiger partial charge in [0.1, 0.15) is 0 Å². The van der Waals surface area contributed by atoms with Gasteiger partial charge in [0.05, 0.1) is 12.0 Å². The smallest absolute Gasteiger partial charge is 0.245 e. The molecule has 1 rings (SSSR count). The number of unbranched alkanes of at least 4 members (excludes halogenated alkanes) is 2. The lowest BCUT2D eigenvalue weighted by Crippen LogP contribution is -2.30. The summed E-state index contributed by atoms with van der Waals surface area (Å²) < 4.78 is 4.62. The summed E-state index contributed by atoms with van der Waals surface area (Å²) in [4.78, 5) is 0. The van der Waals surface area contributed by atoms with Gasteiger partial charge in [-0.25, -0.2) is 0 Å². The van der Waals surface area contributed by atoms with Gasteiger partial charge in [-0.15, -0.1) is 0 Å². The number of rotatable bonds is 8. The molecule has 14 heavy (non-hydrogen) atoms. The first kappa shape index (κ1) is 12.6. The van der Waals surface area contributed by atoms with E-state index in [1.165, 1.54) is 18.5 Å². The zero-order chi connectivity index (χ0) is 10.4. The Balaban J connectivity index is 2.19. The Morgan fingerprint density at radius 3 is 2.50 bits per heavy atom. The Labute approximate surface area is 94.7 Å². The minimum absolute atomic E-state index is 0.579. The summed E-state index contributed by atoms with van der Waals surface area (Å²) >= 11 is 2.93. The largest absolute Gasteiger partial charge is 0.782 e. The van der Waals surface area contributed by atoms with Gasteiger partial charge in [0.25, 0.3) is 0 Å². The maximum Gasteiger partial charge on any atom is 0.245 e. The molecule has 0 aliphatic carbocycles. The molecule has 0 aromatic rings. The fourth-order valence-electron chi connectivity index (χ4n) is 1.02. The van der Waals surface area contributed by atoms with Gasteiger partial charge >= 0.3 is 0 Å². The van der Waals surface area contributed by atoms with E-state index in [0.29, 0.717) is 6.54 Å². The second-order valence-electron chi connectivity index (χ2n) is 3.35. The van der Waals surface area contributed by atoms with E-state index in [0.717, 1.165) is 30.1 Å². The third-order valence-corrected chi connectivity index (χ3v) is 4.51. The van der Waals surface area contributed by atoms with Crippen molar-refractivity contribution in [3.63, 3.8) is 0 Å². The standard InChI is InChI=1S/C9H18NO2S2/c1-3-5-7-10(11)9(12-14-9)13-8-6-4-2/h3-8H2,1-2H3/q-1. The van der Waals surface area contributed by atoms with Crippen molar-refractivity contribution in [2.75, 3.05) is 12.3 Å². The molecular formula is C9H18NO2S2-. The second kappa shape index (κ2) is 6.23. The van der Waals surface area contributed by atoms with Crippen LogP contribution in [-0.4, -0.2) is 21.7 Å². The summed E-state index contributed by atoms with van der Waals surface area (Å²) in [5.74, 6) is 1.01. The Morgan fingerprint density at radius 1 is 1.36 bits per heavy atom. The highest BCUT2D eigenvalue weighted by Gasteiger charge is 2.49. The highest BCUT2D eigenvalue weighted by Crippen LogP contribution is 2.57. The molecule has 1 saturated heterocycles. The van der Waals surface area contributed by atoms with Crippen molar-refractivity contribution < 1.29 is 4.18 Å². The topological polar surface area (TPSA) is 38.8 Å². The van der Waals surface area contributed by atoms with Crippen molar-refractivity contribution in [1.82, 2.24) is 5.06 Å². The van der Waals surface area contributed by atoms with Crippen LogP contribution in [-0.2, 0) is 4.18 Å². The van der Waals surface area contributed by atoms with Crippen LogP contribution in [0.2, 0.25) is 0 Å². The first-order valence-electron chi connectivity index (χ1n) is 5.20. The molecule has 1 unspecified atom stereocenters. The predicted molar refractivity (Wildman–Crippen MR) is 63.8 cm³/mol. The summed E-state index contributed by atoms with van der Waals surface area (Å²) in [6.07, 6.45) is 4.32. The molecule has 0 spiro atoms. The van der Waals surface area contributed by atoms with E-state index < -0.39 is 4.39 Å². The van der Waals surface area contributed by atoms with E-state index in [9.17, 15) is 5.21 Å². The Bertz CT molecular complexity index is 165. The predicted octanol–water partition coefficient (Wildman–Crippen LogP) is 3.41. The number of hydrogen-bond acceptors (Lipinski definition) is 5. The van der Waals surface area contributed by atoms with Crippen molar-refractivity contribution in [2.24, 2.45) is 0 Å². The fraction of sp³-hybridized carbons (Fsp3) is 1.00. The fourth-order valence-corrected chi connectivity index (χ4v) is 3.02. The lowest BCUT2D eigenvalue weighted by atomic mass is 10.3. The number of hydrogen-bond donors (Lipinski definition) is 0. The van der Waals surface area contributed by atoms with Gasteiger partial charge in [-0.2, -0.15) is 0 Å². The summed E-state index contributed by atoms with van der Waals surface area (Å²) in [5.41, 5.74) is 0. The SMILES string of the molecule is CCCCSC1(N([O-])CCCC)OS1. The van der Waals surface area contributed by atoms with Crippen molar-refractivity contribution in [3.8, 4) is 0 Å². The Morgan fingerprint density at radius 2 is 2.00 bits per heavy atom. The van der Waals surface area contributed by atoms with Crippen LogP contribution in [0.4, 0.5) is 0 Å². The summed E-state index contributed by atoms with van der Waals surface area (Å²) in [6, 6.07) is 0. The molecular weight excluding hydrogens is 218 g/mol. The highest BCUT2D eigenvalue weighted by atomic mass is 32.2. The van der Waals surface area contributed by atoms with E-state index in [2.05, 4.69) is 13.8 Å². The number of nitrogens with zero attached hydrogens (tertiary/aromatic N) is 1. The Hall–Kier alpha value is 0.580. The average Bonchev–Trinajstić information content (AvgIpc) is 2.96. The van der Waals surface area contributed by atoms with Crippen molar-refractivity contribution in [2.45, 2.75) is 43.9 Å². The molecule has 1 heterocycles. The van der Waals surface area contributed by atoms with Crippen LogP contribution in [0.5, 0.6) is 0 Å². The van der Waals surface area contributed by atoms with Gasteiger partial charge in [-0.1, -0.05) is 38.5 Å². The molecule has 0 aromatic heterocycles. The average molecular weight is 236 g/mol. The van der Waals surface area contributed by atoms with Crippen LogP contribution in [0.1, 0.15) is 39.5 Å². The van der Waals surface area contributed by atoms with Gasteiger partial charge in [0.2, 0.25) is 4.39 Å². The molecule has 1 atom stereocenters. The molecule has 84 valence electrons. The molecule has 0 radical (unpaired) electrons. The molecule has 1 aliphatic rings. The molecule has 5 heteroatoms. The molecule has 0 saturated carbocycles. The summed E-state index contributed by atoms with van der Waals surface area (Å²) in [7, 11) is 0. The van der Waals surface area contributed by atoms with E-state index >= 15 is 0 Å². The van der Waals surface area contributed by atoms with Crippen molar-refractivity contribution >= 4 is 23.8 Å². The molecule has 0 amide bonds. The van der Waals surface area contributed by atoms with Crippen LogP contribution in [0.25, 0.3) is 0 Å². The first-order chi connectivity index (χ1) is 6.75. The van der Waals surface area contributed by atoms with Gasteiger partial charge in [-0.3, -0.25) is 4.18 Å². The lowest BCUT2D eigenvalue weighted by Gasteiger charge is -2.32. The zero-order valence-corrected chi connectivity index (χ0v) is 10.5. The molecule has 0 bridgehead atoms. The lowest BCUT2D eigenvalue weighted by molar-refractivity contribution is 0.208. The third-order valence-electron chi connectivity index (χ3n) is 2.03. The van der Waals surface area contributed by atoms with E-state index in [1.807, 2.05) is 0 Å². The molecule has 1 fully saturated rings. The quantitative estimate of drug-likeness (QED) is 0.212. The van der Waals surface area contributed by atoms with Crippen LogP contribution in [0.3, 0.4) is 0 Å². The molecule has 1 aliphatic heterocycles. The second-order valence-corrected chi connectivity index (χ2v) is 5.74. The minimum Gasteiger partial charge on any atom is -0.782 e. The number of thioether (sulfide) groups is 1. The van der Waals surface area contributed by atoms with Gasteiger partial charge in [-0.05, 0) is 25.1 Å². The van der Waals surface area contributed by atoms with Gasteiger partial charge < -0.3 is 10.3 Å². The van der Waals surface area contributed by atoms with Crippen LogP contribution in [0, 0.1) is 5.21 Å². The summed E-state index contributed by atoms with van der Waals surface area (Å²) in [5, 5.41) is 12.7. The van der Waals surface area contributed by atoms with Crippen LogP contribution in [0.15, 0.2) is 0 Å². The molecule has 0 N–H and O–H groups in total. The van der Waals surface area contributed by atoms with Gasteiger partial charge in [0.15, 0.2) is 0 Å². The third kappa shape index (κ3) is 3.62. The van der Waals surface area contributed by atoms with Gasteiger partial charge in [0, 0.05) is 0 Å². The van der Waals surface area contributed by atoms with E-state index in [-0.39, 0.29) is 0 Å². The maximum absolute atomic E-state index is 11.6. The van der Waals surface area contributed by atoms with E-state index in [4.69, 9.17) is 4.18 Å². The molecule has 0 aromatic carbocycles. The van der Waals surface area contributed by atoms with E-state index in [1.54, 1.807) is 11.8 Å². The normalized spacial score (nSPS) is 25.7. The Kier molecular flexibility index (Phi) is 5.62. The number of hydroxylamine groups is 2. The highest BCUT2D eigenvalue weighted by molar-refractivity contribution is 8.20. The van der Waals surface area contributed by atoms with Crippen LogP contribution < -0.4 is 0 Å². The minimum atomic E-state index is -0.579. The monoisotopic (exact) mass is 236 g/mol. The first-order valence-corrected chi connectivity index (χ1v) is 6.93. The van der Waals surface area contributed by atoms with Crippen molar-refractivity contribution in [3.05, 3.63) is 5.21 Å². The van der Waals surface area contributed by atoms with Crippen molar-refractivity contribution in [1.29, 1.82) is 0 Å².